The molecule has 3 N–H and O–H groups in total. The first-order chi connectivity index (χ1) is 12.6. The third-order valence-corrected chi connectivity index (χ3v) is 3.37. The lowest BCUT2D eigenvalue weighted by Crippen LogP contribution is -2.23. The summed E-state index contributed by atoms with van der Waals surface area (Å²) >= 11 is 0. The molecule has 2 aromatic heterocycles. The average Bonchev–Trinajstić information content (AvgIpc) is 3.15. The molecule has 0 fully saturated rings. The molecule has 26 heavy (non-hydrogen) atoms. The number of amides is 2. The first kappa shape index (κ1) is 17.2. The van der Waals surface area contributed by atoms with Crippen molar-refractivity contribution in [2.45, 2.75) is 13.5 Å². The molecule has 0 aliphatic rings. The maximum absolute atomic E-state index is 12.0. The Morgan fingerprint density at radius 3 is 2.42 bits per heavy atom. The first-order valence-electron chi connectivity index (χ1n) is 7.87. The van der Waals surface area contributed by atoms with Gasteiger partial charge in [0.05, 0.1) is 25.2 Å². The van der Waals surface area contributed by atoms with Crippen LogP contribution in [0.2, 0.25) is 0 Å². The van der Waals surface area contributed by atoms with E-state index in [9.17, 15) is 9.59 Å². The summed E-state index contributed by atoms with van der Waals surface area (Å²) in [5, 5.41) is 8.47. The minimum absolute atomic E-state index is 0.127. The molecule has 2 amide bonds. The Bertz CT molecular complexity index is 874. The van der Waals surface area contributed by atoms with Crippen molar-refractivity contribution in [3.63, 3.8) is 0 Å². The predicted octanol–water partition coefficient (Wildman–Crippen LogP) is 2.70. The average molecular weight is 351 g/mol. The van der Waals surface area contributed by atoms with Crippen LogP contribution < -0.4 is 16.0 Å². The Kier molecular flexibility index (Phi) is 5.23. The standard InChI is InChI=1S/C18H17N5O3/c1-12(24)22-13-4-6-14(7-5-13)23-17-11-19-16(10-20-17)18(25)21-9-15-3-2-8-26-15/h2-8,10-11H,9H2,1H3,(H,20,23)(H,21,25)(H,22,24). The zero-order valence-corrected chi connectivity index (χ0v) is 14.0. The van der Waals surface area contributed by atoms with Crippen molar-refractivity contribution in [1.82, 2.24) is 15.3 Å². The second-order valence-electron chi connectivity index (χ2n) is 5.43. The molecule has 2 heterocycles. The monoisotopic (exact) mass is 351 g/mol. The third-order valence-electron chi connectivity index (χ3n) is 3.37. The molecule has 3 rings (SSSR count). The van der Waals surface area contributed by atoms with E-state index in [0.717, 1.165) is 5.69 Å². The van der Waals surface area contributed by atoms with Crippen LogP contribution in [0.5, 0.6) is 0 Å². The van der Waals surface area contributed by atoms with Crippen LogP contribution in [0.3, 0.4) is 0 Å². The molecular formula is C18H17N5O3. The molecule has 0 saturated carbocycles. The van der Waals surface area contributed by atoms with Gasteiger partial charge in [0, 0.05) is 18.3 Å². The molecule has 0 atom stereocenters. The van der Waals surface area contributed by atoms with Crippen LogP contribution in [0, 0.1) is 0 Å². The van der Waals surface area contributed by atoms with Crippen molar-refractivity contribution >= 4 is 29.0 Å². The van der Waals surface area contributed by atoms with Gasteiger partial charge in [-0.2, -0.15) is 0 Å². The van der Waals surface area contributed by atoms with Crippen LogP contribution in [-0.4, -0.2) is 21.8 Å². The molecule has 8 heteroatoms. The summed E-state index contributed by atoms with van der Waals surface area (Å²) in [4.78, 5) is 31.3. The van der Waals surface area contributed by atoms with Crippen molar-refractivity contribution < 1.29 is 14.0 Å². The van der Waals surface area contributed by atoms with E-state index in [0.29, 0.717) is 17.3 Å². The zero-order chi connectivity index (χ0) is 18.4. The van der Waals surface area contributed by atoms with E-state index in [4.69, 9.17) is 4.42 Å². The predicted molar refractivity (Wildman–Crippen MR) is 95.9 cm³/mol. The van der Waals surface area contributed by atoms with Gasteiger partial charge in [0.1, 0.15) is 17.3 Å². The van der Waals surface area contributed by atoms with Crippen LogP contribution in [0.25, 0.3) is 0 Å². The summed E-state index contributed by atoms with van der Waals surface area (Å²) in [7, 11) is 0. The summed E-state index contributed by atoms with van der Waals surface area (Å²) < 4.78 is 5.15. The van der Waals surface area contributed by atoms with Crippen LogP contribution in [0.4, 0.5) is 17.2 Å². The quantitative estimate of drug-likeness (QED) is 0.630. The lowest BCUT2D eigenvalue weighted by Gasteiger charge is -2.08. The molecule has 0 unspecified atom stereocenters. The largest absolute Gasteiger partial charge is 0.467 e. The number of hydrogen-bond donors (Lipinski definition) is 3. The second kappa shape index (κ2) is 7.93. The Balaban J connectivity index is 1.56. The number of nitrogens with zero attached hydrogens (tertiary/aromatic N) is 2. The Morgan fingerprint density at radius 2 is 1.81 bits per heavy atom. The van der Waals surface area contributed by atoms with Gasteiger partial charge in [-0.05, 0) is 36.4 Å². The molecular weight excluding hydrogens is 334 g/mol. The molecule has 3 aromatic rings. The van der Waals surface area contributed by atoms with Crippen molar-refractivity contribution in [3.8, 4) is 0 Å². The highest BCUT2D eigenvalue weighted by Gasteiger charge is 2.08. The zero-order valence-electron chi connectivity index (χ0n) is 14.0. The number of benzene rings is 1. The molecule has 0 saturated heterocycles. The molecule has 1 aromatic carbocycles. The number of carbonyl (C=O) groups is 2. The molecule has 0 spiro atoms. The minimum Gasteiger partial charge on any atom is -0.467 e. The molecule has 132 valence electrons. The summed E-state index contributed by atoms with van der Waals surface area (Å²) in [5.41, 5.74) is 1.70. The maximum Gasteiger partial charge on any atom is 0.271 e. The van der Waals surface area contributed by atoms with Crippen LogP contribution >= 0.6 is 0 Å². The fourth-order valence-corrected chi connectivity index (χ4v) is 2.17. The highest BCUT2D eigenvalue weighted by atomic mass is 16.3. The molecule has 0 aliphatic carbocycles. The summed E-state index contributed by atoms with van der Waals surface area (Å²) in [6.07, 6.45) is 4.42. The Hall–Kier alpha value is -3.68. The van der Waals surface area contributed by atoms with E-state index >= 15 is 0 Å². The maximum atomic E-state index is 12.0. The second-order valence-corrected chi connectivity index (χ2v) is 5.43. The van der Waals surface area contributed by atoms with E-state index in [2.05, 4.69) is 25.9 Å². The van der Waals surface area contributed by atoms with Gasteiger partial charge >= 0.3 is 0 Å². The number of aromatic nitrogens is 2. The van der Waals surface area contributed by atoms with Gasteiger partial charge in [0.15, 0.2) is 0 Å². The van der Waals surface area contributed by atoms with Gasteiger partial charge in [0.25, 0.3) is 5.91 Å². The Labute approximate surface area is 149 Å². The van der Waals surface area contributed by atoms with Crippen molar-refractivity contribution in [2.24, 2.45) is 0 Å². The fraction of sp³-hybridized carbons (Fsp3) is 0.111. The highest BCUT2D eigenvalue weighted by molar-refractivity contribution is 5.92. The fourth-order valence-electron chi connectivity index (χ4n) is 2.17. The van der Waals surface area contributed by atoms with Gasteiger partial charge in [-0.15, -0.1) is 0 Å². The number of furan rings is 1. The molecule has 0 bridgehead atoms. The van der Waals surface area contributed by atoms with Gasteiger partial charge in [-0.1, -0.05) is 0 Å². The molecule has 8 nitrogen and oxygen atoms in total. The Morgan fingerprint density at radius 1 is 1.04 bits per heavy atom. The number of rotatable bonds is 6. The van der Waals surface area contributed by atoms with Crippen molar-refractivity contribution in [3.05, 3.63) is 66.5 Å². The number of hydrogen-bond acceptors (Lipinski definition) is 6. The number of nitrogens with one attached hydrogen (secondary N) is 3. The van der Waals surface area contributed by atoms with E-state index in [1.165, 1.54) is 19.3 Å². The van der Waals surface area contributed by atoms with E-state index in [1.807, 2.05) is 0 Å². The van der Waals surface area contributed by atoms with Crippen LogP contribution in [0.15, 0.2) is 59.5 Å². The van der Waals surface area contributed by atoms with Crippen molar-refractivity contribution in [1.29, 1.82) is 0 Å². The van der Waals surface area contributed by atoms with Gasteiger partial charge in [-0.3, -0.25) is 9.59 Å². The highest BCUT2D eigenvalue weighted by Crippen LogP contribution is 2.17. The summed E-state index contributed by atoms with van der Waals surface area (Å²) in [6.45, 7) is 1.74. The lowest BCUT2D eigenvalue weighted by molar-refractivity contribution is -0.114. The van der Waals surface area contributed by atoms with E-state index < -0.39 is 0 Å². The molecule has 0 aliphatic heterocycles. The normalized spacial score (nSPS) is 10.2. The van der Waals surface area contributed by atoms with Gasteiger partial charge in [0.2, 0.25) is 5.91 Å². The van der Waals surface area contributed by atoms with Gasteiger partial charge in [-0.25, -0.2) is 9.97 Å². The topological polar surface area (TPSA) is 109 Å². The SMILES string of the molecule is CC(=O)Nc1ccc(Nc2cnc(C(=O)NCc3ccco3)cn2)cc1. The number of carbonyl (C=O) groups excluding carboxylic acids is 2. The summed E-state index contributed by atoms with van der Waals surface area (Å²) in [6, 6.07) is 10.7. The van der Waals surface area contributed by atoms with Gasteiger partial charge < -0.3 is 20.4 Å². The first-order valence-corrected chi connectivity index (χ1v) is 7.87. The third kappa shape index (κ3) is 4.67. The summed E-state index contributed by atoms with van der Waals surface area (Å²) in [5.74, 6) is 0.699. The lowest BCUT2D eigenvalue weighted by atomic mass is 10.2. The molecule has 0 radical (unpaired) electrons. The minimum atomic E-state index is -0.333. The van der Waals surface area contributed by atoms with Crippen LogP contribution in [-0.2, 0) is 11.3 Å². The van der Waals surface area contributed by atoms with E-state index in [-0.39, 0.29) is 24.1 Å². The van der Waals surface area contributed by atoms with Crippen LogP contribution in [0.1, 0.15) is 23.2 Å². The smallest absolute Gasteiger partial charge is 0.271 e. The van der Waals surface area contributed by atoms with Crippen molar-refractivity contribution in [2.75, 3.05) is 10.6 Å². The van der Waals surface area contributed by atoms with E-state index in [1.54, 1.807) is 42.7 Å². The number of anilines is 3.